The van der Waals surface area contributed by atoms with E-state index < -0.39 is 0 Å². The van der Waals surface area contributed by atoms with Gasteiger partial charge < -0.3 is 0 Å². The Hall–Kier alpha value is -0.551. The van der Waals surface area contributed by atoms with Crippen molar-refractivity contribution in [1.82, 2.24) is 0 Å². The van der Waals surface area contributed by atoms with Gasteiger partial charge in [0.15, 0.2) is 0 Å². The molecule has 1 aliphatic rings. The fourth-order valence-electron chi connectivity index (χ4n) is 0.589. The Labute approximate surface area is 64.6 Å². The molecule has 0 heterocycles. The molecule has 0 saturated carbocycles. The van der Waals surface area contributed by atoms with Crippen LogP contribution >= 0.6 is 0 Å². The summed E-state index contributed by atoms with van der Waals surface area (Å²) in [5.74, 6) is 1.83. The van der Waals surface area contributed by atoms with E-state index in [9.17, 15) is 4.79 Å². The quantitative estimate of drug-likeness (QED) is 0.387. The summed E-state index contributed by atoms with van der Waals surface area (Å²) in [5.41, 5.74) is 0.729. The molecule has 2 heteroatoms. The molecule has 0 aromatic heterocycles. The average molecular weight is 162 g/mol. The van der Waals surface area contributed by atoms with Crippen LogP contribution in [0.3, 0.4) is 0 Å². The van der Waals surface area contributed by atoms with Crippen LogP contribution < -0.4 is 0 Å². The standard InChI is InChI=1S/C7H6O.Fe/c8-6-7-4-2-1-3-5-7;/h1-4H,5H2;. The molecule has 0 amide bonds. The van der Waals surface area contributed by atoms with Gasteiger partial charge in [0, 0.05) is 29.1 Å². The van der Waals surface area contributed by atoms with Crippen molar-refractivity contribution in [3.05, 3.63) is 29.9 Å². The summed E-state index contributed by atoms with van der Waals surface area (Å²) in [6.45, 7) is 0. The Kier molecular flexibility index (Phi) is 4.07. The predicted octanol–water partition coefficient (Wildman–Crippen LogP) is 1.26. The van der Waals surface area contributed by atoms with Gasteiger partial charge in [-0.15, -0.1) is 0 Å². The van der Waals surface area contributed by atoms with E-state index in [2.05, 4.69) is 0 Å². The first-order chi connectivity index (χ1) is 3.93. The van der Waals surface area contributed by atoms with Crippen LogP contribution in [0, 0.1) is 0 Å². The molecule has 0 aromatic carbocycles. The predicted molar refractivity (Wildman–Crippen MR) is 32.1 cm³/mol. The van der Waals surface area contributed by atoms with E-state index in [0.29, 0.717) is 0 Å². The SMILES string of the molecule is O=C=C1C=CC=CC1.[Fe]. The molecule has 0 unspecified atom stereocenters. The fourth-order valence-corrected chi connectivity index (χ4v) is 0.589. The molecule has 9 heavy (non-hydrogen) atoms. The van der Waals surface area contributed by atoms with Crippen molar-refractivity contribution in [3.63, 3.8) is 0 Å². The minimum Gasteiger partial charge on any atom is -0.233 e. The van der Waals surface area contributed by atoms with Gasteiger partial charge in [0.1, 0.15) is 5.94 Å². The summed E-state index contributed by atoms with van der Waals surface area (Å²) in [4.78, 5) is 9.91. The summed E-state index contributed by atoms with van der Waals surface area (Å²) >= 11 is 0. The molecular formula is C7H6FeO. The summed E-state index contributed by atoms with van der Waals surface area (Å²) in [6.07, 6.45) is 8.19. The molecule has 0 N–H and O–H groups in total. The third-order valence-electron chi connectivity index (χ3n) is 1.01. The van der Waals surface area contributed by atoms with Gasteiger partial charge in [0.2, 0.25) is 0 Å². The van der Waals surface area contributed by atoms with Crippen LogP contribution in [-0.2, 0) is 21.9 Å². The molecule has 1 aliphatic carbocycles. The van der Waals surface area contributed by atoms with Gasteiger partial charge in [0.05, 0.1) is 0 Å². The first kappa shape index (κ1) is 8.45. The van der Waals surface area contributed by atoms with Crippen molar-refractivity contribution in [3.8, 4) is 0 Å². The second-order valence-electron chi connectivity index (χ2n) is 1.62. The topological polar surface area (TPSA) is 17.1 Å². The largest absolute Gasteiger partial charge is 0.233 e. The fraction of sp³-hybridized carbons (Fsp3) is 0.143. The van der Waals surface area contributed by atoms with Crippen LogP contribution in [0.2, 0.25) is 0 Å². The minimum atomic E-state index is 0. The van der Waals surface area contributed by atoms with Crippen molar-refractivity contribution in [1.29, 1.82) is 0 Å². The summed E-state index contributed by atoms with van der Waals surface area (Å²) in [5, 5.41) is 0. The van der Waals surface area contributed by atoms with E-state index in [1.54, 1.807) is 6.08 Å². The average Bonchev–Trinajstić information content (AvgIpc) is 1.90. The number of hydrogen-bond donors (Lipinski definition) is 0. The summed E-state index contributed by atoms with van der Waals surface area (Å²) in [6, 6.07) is 0. The van der Waals surface area contributed by atoms with Crippen molar-refractivity contribution >= 4 is 5.94 Å². The van der Waals surface area contributed by atoms with Crippen molar-refractivity contribution in [2.75, 3.05) is 0 Å². The van der Waals surface area contributed by atoms with Gasteiger partial charge in [-0.05, 0) is 6.08 Å². The van der Waals surface area contributed by atoms with Gasteiger partial charge in [-0.2, -0.15) is 0 Å². The van der Waals surface area contributed by atoms with Gasteiger partial charge in [-0.3, -0.25) is 0 Å². The number of carbonyl (C=O) groups excluding carboxylic acids is 1. The zero-order valence-electron chi connectivity index (χ0n) is 4.78. The van der Waals surface area contributed by atoms with Gasteiger partial charge >= 0.3 is 0 Å². The molecule has 1 nitrogen and oxygen atoms in total. The molecule has 0 aliphatic heterocycles. The Morgan fingerprint density at radius 3 is 2.56 bits per heavy atom. The Morgan fingerprint density at radius 2 is 2.22 bits per heavy atom. The first-order valence-corrected chi connectivity index (χ1v) is 2.50. The number of rotatable bonds is 0. The Morgan fingerprint density at radius 1 is 1.44 bits per heavy atom. The van der Waals surface area contributed by atoms with Crippen molar-refractivity contribution in [2.45, 2.75) is 6.42 Å². The van der Waals surface area contributed by atoms with Gasteiger partial charge in [0.25, 0.3) is 0 Å². The molecule has 1 rings (SSSR count). The Balaban J connectivity index is 0.000000640. The van der Waals surface area contributed by atoms with E-state index in [1.807, 2.05) is 24.2 Å². The molecule has 0 aromatic rings. The van der Waals surface area contributed by atoms with E-state index in [4.69, 9.17) is 0 Å². The molecule has 0 atom stereocenters. The molecular weight excluding hydrogens is 156 g/mol. The second kappa shape index (κ2) is 4.34. The smallest absolute Gasteiger partial charge is 0.128 e. The molecule has 0 bridgehead atoms. The van der Waals surface area contributed by atoms with E-state index in [0.717, 1.165) is 12.0 Å². The molecule has 0 spiro atoms. The van der Waals surface area contributed by atoms with Crippen LogP contribution in [0.4, 0.5) is 0 Å². The molecule has 0 fully saturated rings. The van der Waals surface area contributed by atoms with Crippen molar-refractivity contribution < 1.29 is 21.9 Å². The normalized spacial score (nSPS) is 14.4. The zero-order valence-corrected chi connectivity index (χ0v) is 5.88. The third-order valence-corrected chi connectivity index (χ3v) is 1.01. The second-order valence-corrected chi connectivity index (χ2v) is 1.62. The number of hydrogen-bond acceptors (Lipinski definition) is 1. The molecule has 48 valence electrons. The summed E-state index contributed by atoms with van der Waals surface area (Å²) in [7, 11) is 0. The van der Waals surface area contributed by atoms with E-state index in [-0.39, 0.29) is 17.1 Å². The van der Waals surface area contributed by atoms with Crippen LogP contribution in [0.5, 0.6) is 0 Å². The molecule has 0 saturated heterocycles. The number of allylic oxidation sites excluding steroid dienone is 5. The van der Waals surface area contributed by atoms with Gasteiger partial charge in [-0.25, -0.2) is 4.79 Å². The first-order valence-electron chi connectivity index (χ1n) is 2.50. The molecule has 0 radical (unpaired) electrons. The summed E-state index contributed by atoms with van der Waals surface area (Å²) < 4.78 is 0. The third kappa shape index (κ3) is 2.48. The van der Waals surface area contributed by atoms with Crippen LogP contribution in [0.15, 0.2) is 29.9 Å². The zero-order chi connectivity index (χ0) is 5.82. The van der Waals surface area contributed by atoms with Crippen LogP contribution in [0.1, 0.15) is 6.42 Å². The minimum absolute atomic E-state index is 0. The van der Waals surface area contributed by atoms with E-state index >= 15 is 0 Å². The maximum absolute atomic E-state index is 9.91. The maximum atomic E-state index is 9.91. The maximum Gasteiger partial charge on any atom is 0.128 e. The monoisotopic (exact) mass is 162 g/mol. The Bertz CT molecular complexity index is 185. The van der Waals surface area contributed by atoms with Crippen LogP contribution in [-0.4, -0.2) is 5.94 Å². The van der Waals surface area contributed by atoms with Crippen molar-refractivity contribution in [2.24, 2.45) is 0 Å². The van der Waals surface area contributed by atoms with Crippen LogP contribution in [0.25, 0.3) is 0 Å². The van der Waals surface area contributed by atoms with Gasteiger partial charge in [-0.1, -0.05) is 18.2 Å². The van der Waals surface area contributed by atoms with E-state index in [1.165, 1.54) is 0 Å².